The van der Waals surface area contributed by atoms with Crippen LogP contribution in [-0.2, 0) is 14.3 Å². The second-order valence-electron chi connectivity index (χ2n) is 13.7. The summed E-state index contributed by atoms with van der Waals surface area (Å²) in [5.41, 5.74) is 3.17. The smallest absolute Gasteiger partial charge is 0.254 e. The largest absolute Gasteiger partial charge is 0.508 e. The van der Waals surface area contributed by atoms with E-state index in [1.165, 1.54) is 0 Å². The van der Waals surface area contributed by atoms with E-state index >= 15 is 0 Å². The van der Waals surface area contributed by atoms with E-state index in [0.717, 1.165) is 36.8 Å². The van der Waals surface area contributed by atoms with Crippen LogP contribution in [0, 0.1) is 29.1 Å². The van der Waals surface area contributed by atoms with Crippen molar-refractivity contribution in [2.24, 2.45) is 22.9 Å². The molecule has 5 rings (SSSR count). The SMILES string of the molecule is C=CCO[C@@]12Oc3ccc(O)cc3[C@H]3[C@H](CCCCO)[C@@H](CCCCO)C=C(C(=NOCC)C[C@@H]1N(CCOCCO)C(=O)c1ccc(C#N)cc1)[C@H]32. The Bertz CT molecular complexity index is 1640. The predicted octanol–water partition coefficient (Wildman–Crippen LogP) is 5.07. The van der Waals surface area contributed by atoms with Crippen LogP contribution in [0.3, 0.4) is 0 Å². The molecule has 3 aliphatic rings. The van der Waals surface area contributed by atoms with Gasteiger partial charge in [-0.1, -0.05) is 30.1 Å². The molecule has 286 valence electrons. The maximum atomic E-state index is 14.7. The Kier molecular flexibility index (Phi) is 14.5. The van der Waals surface area contributed by atoms with Crippen LogP contribution in [0.1, 0.15) is 79.3 Å². The molecule has 1 amide bonds. The van der Waals surface area contributed by atoms with Crippen molar-refractivity contribution in [3.8, 4) is 17.6 Å². The monoisotopic (exact) mass is 731 g/mol. The van der Waals surface area contributed by atoms with Gasteiger partial charge in [-0.3, -0.25) is 4.79 Å². The zero-order valence-corrected chi connectivity index (χ0v) is 30.6. The molecule has 2 aliphatic carbocycles. The van der Waals surface area contributed by atoms with Crippen LogP contribution in [0.15, 0.2) is 71.9 Å². The summed E-state index contributed by atoms with van der Waals surface area (Å²) in [6, 6.07) is 12.9. The third-order valence-electron chi connectivity index (χ3n) is 10.6. The average Bonchev–Trinajstić information content (AvgIpc) is 3.17. The first-order valence-electron chi connectivity index (χ1n) is 18.8. The molecule has 6 atom stereocenters. The summed E-state index contributed by atoms with van der Waals surface area (Å²) in [6.45, 7) is 6.57. The summed E-state index contributed by atoms with van der Waals surface area (Å²) in [6.07, 6.45) is 8.58. The lowest BCUT2D eigenvalue weighted by Crippen LogP contribution is -2.70. The number of aliphatic hydroxyl groups excluding tert-OH is 3. The van der Waals surface area contributed by atoms with Gasteiger partial charge in [-0.2, -0.15) is 5.26 Å². The average molecular weight is 732 g/mol. The van der Waals surface area contributed by atoms with Crippen LogP contribution >= 0.6 is 0 Å². The molecule has 0 bridgehead atoms. The van der Waals surface area contributed by atoms with Crippen LogP contribution in [0.25, 0.3) is 0 Å². The number of rotatable bonds is 20. The molecule has 4 N–H and O–H groups in total. The van der Waals surface area contributed by atoms with Crippen LogP contribution in [0.5, 0.6) is 11.5 Å². The van der Waals surface area contributed by atoms with Gasteiger partial charge in [-0.25, -0.2) is 0 Å². The van der Waals surface area contributed by atoms with Gasteiger partial charge in [0.25, 0.3) is 5.91 Å². The fourth-order valence-corrected chi connectivity index (χ4v) is 8.38. The van der Waals surface area contributed by atoms with Crippen molar-refractivity contribution >= 4 is 11.6 Å². The summed E-state index contributed by atoms with van der Waals surface area (Å²) >= 11 is 0. The molecule has 1 fully saturated rings. The number of carbonyl (C=O) groups is 1. The Balaban J connectivity index is 1.76. The van der Waals surface area contributed by atoms with Gasteiger partial charge in [-0.15, -0.1) is 6.58 Å². The number of amides is 1. The summed E-state index contributed by atoms with van der Waals surface area (Å²) in [4.78, 5) is 22.2. The van der Waals surface area contributed by atoms with Gasteiger partial charge < -0.3 is 44.4 Å². The number of allylic oxidation sites excluding steroid dienone is 1. The first-order chi connectivity index (χ1) is 25.9. The molecule has 0 saturated heterocycles. The molecule has 0 radical (unpaired) electrons. The maximum absolute atomic E-state index is 14.7. The molecule has 2 aromatic carbocycles. The van der Waals surface area contributed by atoms with Crippen LogP contribution in [0.4, 0.5) is 0 Å². The minimum Gasteiger partial charge on any atom is -0.508 e. The van der Waals surface area contributed by atoms with Crippen molar-refractivity contribution in [1.29, 1.82) is 5.26 Å². The van der Waals surface area contributed by atoms with E-state index in [1.54, 1.807) is 53.4 Å². The quantitative estimate of drug-likeness (QED) is 0.0818. The summed E-state index contributed by atoms with van der Waals surface area (Å²) in [7, 11) is 0. The highest BCUT2D eigenvalue weighted by atomic mass is 16.7. The van der Waals surface area contributed by atoms with E-state index in [1.807, 2.05) is 6.92 Å². The molecule has 12 nitrogen and oxygen atoms in total. The van der Waals surface area contributed by atoms with E-state index in [-0.39, 0.29) is 82.0 Å². The number of aromatic hydroxyl groups is 1. The maximum Gasteiger partial charge on any atom is 0.254 e. The highest BCUT2D eigenvalue weighted by Crippen LogP contribution is 2.61. The number of hydrogen-bond acceptors (Lipinski definition) is 11. The van der Waals surface area contributed by atoms with Crippen LogP contribution in [0.2, 0.25) is 0 Å². The molecular weight excluding hydrogens is 678 g/mol. The molecule has 53 heavy (non-hydrogen) atoms. The second kappa shape index (κ2) is 19.2. The molecule has 0 unspecified atom stereocenters. The molecular formula is C41H53N3O9. The van der Waals surface area contributed by atoms with Crippen molar-refractivity contribution in [3.63, 3.8) is 0 Å². The third kappa shape index (κ3) is 8.77. The fourth-order valence-electron chi connectivity index (χ4n) is 8.38. The van der Waals surface area contributed by atoms with E-state index in [0.29, 0.717) is 42.0 Å². The Labute approximate surface area is 311 Å². The van der Waals surface area contributed by atoms with Crippen molar-refractivity contribution in [2.75, 3.05) is 52.8 Å². The van der Waals surface area contributed by atoms with Crippen molar-refractivity contribution in [2.45, 2.75) is 69.6 Å². The minimum absolute atomic E-state index is 0.0211. The number of nitrogens with zero attached hydrogens (tertiary/aromatic N) is 3. The van der Waals surface area contributed by atoms with Crippen LogP contribution in [-0.4, -0.2) is 102 Å². The third-order valence-corrected chi connectivity index (χ3v) is 10.6. The molecule has 12 heteroatoms. The highest BCUT2D eigenvalue weighted by molar-refractivity contribution is 6.03. The Morgan fingerprint density at radius 2 is 1.83 bits per heavy atom. The Hall–Kier alpha value is -4.25. The van der Waals surface area contributed by atoms with Crippen molar-refractivity contribution in [1.82, 2.24) is 4.90 Å². The predicted molar refractivity (Wildman–Crippen MR) is 198 cm³/mol. The number of nitriles is 1. The van der Waals surface area contributed by atoms with Crippen LogP contribution < -0.4 is 4.74 Å². The molecule has 1 heterocycles. The summed E-state index contributed by atoms with van der Waals surface area (Å²) in [5.74, 6) is -1.86. The Morgan fingerprint density at radius 1 is 1.08 bits per heavy atom. The van der Waals surface area contributed by atoms with Gasteiger partial charge in [-0.05, 0) is 92.5 Å². The first-order valence-corrected chi connectivity index (χ1v) is 18.8. The first kappa shape index (κ1) is 39.9. The summed E-state index contributed by atoms with van der Waals surface area (Å²) < 4.78 is 19.8. The second-order valence-corrected chi connectivity index (χ2v) is 13.7. The lowest BCUT2D eigenvalue weighted by atomic mass is 9.55. The molecule has 1 aliphatic heterocycles. The number of carbonyl (C=O) groups excluding carboxylic acids is 1. The van der Waals surface area contributed by atoms with Gasteiger partial charge in [0.15, 0.2) is 0 Å². The molecule has 2 aromatic rings. The number of hydrogen-bond donors (Lipinski definition) is 4. The number of fused-ring (bicyclic) bond motifs is 2. The van der Waals surface area contributed by atoms with Gasteiger partial charge in [0, 0.05) is 43.2 Å². The normalized spacial score (nSPS) is 25.0. The van der Waals surface area contributed by atoms with E-state index in [2.05, 4.69) is 23.9 Å². The number of aliphatic hydroxyl groups is 3. The molecule has 0 spiro atoms. The lowest BCUT2D eigenvalue weighted by Gasteiger charge is -2.60. The zero-order valence-electron chi connectivity index (χ0n) is 30.6. The number of benzene rings is 2. The minimum atomic E-state index is -1.47. The number of oxime groups is 1. The van der Waals surface area contributed by atoms with E-state index in [9.17, 15) is 30.5 Å². The number of ether oxygens (including phenoxy) is 3. The zero-order chi connectivity index (χ0) is 37.8. The lowest BCUT2D eigenvalue weighted by molar-refractivity contribution is -0.254. The molecule has 1 saturated carbocycles. The Morgan fingerprint density at radius 3 is 2.51 bits per heavy atom. The van der Waals surface area contributed by atoms with E-state index in [4.69, 9.17) is 19.0 Å². The van der Waals surface area contributed by atoms with Crippen molar-refractivity contribution in [3.05, 3.63) is 83.5 Å². The highest BCUT2D eigenvalue weighted by Gasteiger charge is 2.65. The molecule has 0 aromatic heterocycles. The van der Waals surface area contributed by atoms with E-state index < -0.39 is 17.7 Å². The summed E-state index contributed by atoms with van der Waals surface area (Å²) in [5, 5.41) is 54.0. The standard InChI is InChI=1S/C41H53N3O9/c1-3-21-51-41-37(44(17-22-50-23-20-47)40(49)29-13-11-28(27-42)12-14-29)26-35(43-52-4-2)33-24-30(9-5-7-18-45)32(10-6-8-19-46)38(39(33)41)34-25-31(48)15-16-36(34)53-41/h3,11-16,24-25,30,32,37-39,45-48H,1,4-10,17-23,26H2,2H3/t30-,32+,37-,38+,39+,41+/m0/s1. The topological polar surface area (TPSA) is 174 Å². The van der Waals surface area contributed by atoms with Gasteiger partial charge in [0.05, 0.1) is 49.7 Å². The number of phenolic OH excluding ortho intramolecular Hbond substituents is 1. The fraction of sp³-hybridized carbons (Fsp3) is 0.537. The van der Waals surface area contributed by atoms with Crippen molar-refractivity contribution < 1.29 is 44.3 Å². The number of phenols is 1. The van der Waals surface area contributed by atoms with Gasteiger partial charge in [0.1, 0.15) is 24.1 Å². The van der Waals surface area contributed by atoms with Gasteiger partial charge in [0.2, 0.25) is 5.79 Å². The van der Waals surface area contributed by atoms with Gasteiger partial charge >= 0.3 is 0 Å². The number of unbranched alkanes of at least 4 members (excludes halogenated alkanes) is 2.